The Hall–Kier alpha value is -2.17. The van der Waals surface area contributed by atoms with E-state index in [2.05, 4.69) is 69.8 Å². The Morgan fingerprint density at radius 3 is 2.34 bits per heavy atom. The first-order valence-electron chi connectivity index (χ1n) is 10.7. The summed E-state index contributed by atoms with van der Waals surface area (Å²) in [5.74, 6) is 0. The highest BCUT2D eigenvalue weighted by molar-refractivity contribution is 6.09. The molecule has 0 unspecified atom stereocenters. The number of unbranched alkanes of at least 4 members (excludes halogenated alkanes) is 3. The molecule has 0 aliphatic rings. The summed E-state index contributed by atoms with van der Waals surface area (Å²) in [6.07, 6.45) is 5.52. The standard InChI is InChI=1S/C25H35N2O2/c1-25(2,3)27(4,5)29-17-11-7-6-10-16-26-23-13-9-8-12-21(23)22-18-20(19-28)14-15-24(22)26/h8-9,12-15,18-19H,6-7,10-11,16-17H2,1-5H3/q+1. The fourth-order valence-corrected chi connectivity index (χ4v) is 3.60. The molecule has 0 N–H and O–H groups in total. The normalized spacial score (nSPS) is 12.7. The highest BCUT2D eigenvalue weighted by atomic mass is 16.7. The van der Waals surface area contributed by atoms with Gasteiger partial charge in [-0.3, -0.25) is 4.79 Å². The number of hydroxylamine groups is 3. The van der Waals surface area contributed by atoms with Gasteiger partial charge in [-0.25, -0.2) is 4.84 Å². The summed E-state index contributed by atoms with van der Waals surface area (Å²) in [5.41, 5.74) is 3.28. The second kappa shape index (κ2) is 8.68. The molecule has 0 spiro atoms. The molecule has 0 amide bonds. The van der Waals surface area contributed by atoms with Crippen LogP contribution < -0.4 is 0 Å². The van der Waals surface area contributed by atoms with Gasteiger partial charge in [0.1, 0.15) is 18.4 Å². The van der Waals surface area contributed by atoms with E-state index in [4.69, 9.17) is 4.84 Å². The molecule has 0 radical (unpaired) electrons. The molecule has 3 aromatic rings. The summed E-state index contributed by atoms with van der Waals surface area (Å²) in [6.45, 7) is 8.41. The van der Waals surface area contributed by atoms with Crippen LogP contribution >= 0.6 is 0 Å². The number of benzene rings is 2. The van der Waals surface area contributed by atoms with Crippen LogP contribution in [0.4, 0.5) is 0 Å². The zero-order valence-electron chi connectivity index (χ0n) is 18.6. The smallest absolute Gasteiger partial charge is 0.150 e. The van der Waals surface area contributed by atoms with Crippen molar-refractivity contribution in [2.45, 2.75) is 58.5 Å². The lowest BCUT2D eigenvalue weighted by Gasteiger charge is -2.39. The van der Waals surface area contributed by atoms with E-state index >= 15 is 0 Å². The predicted molar refractivity (Wildman–Crippen MR) is 121 cm³/mol. The fraction of sp³-hybridized carbons (Fsp3) is 0.480. The molecule has 0 bridgehead atoms. The summed E-state index contributed by atoms with van der Waals surface area (Å²) >= 11 is 0. The minimum Gasteiger partial charge on any atom is -0.340 e. The molecule has 0 aliphatic carbocycles. The average molecular weight is 396 g/mol. The number of aldehydes is 1. The van der Waals surface area contributed by atoms with Gasteiger partial charge in [0.25, 0.3) is 0 Å². The lowest BCUT2D eigenvalue weighted by molar-refractivity contribution is -1.11. The van der Waals surface area contributed by atoms with Gasteiger partial charge in [-0.05, 0) is 57.9 Å². The minimum absolute atomic E-state index is 0.0836. The van der Waals surface area contributed by atoms with Crippen molar-refractivity contribution in [1.29, 1.82) is 0 Å². The molecule has 2 aromatic carbocycles. The number of hydrogen-bond donors (Lipinski definition) is 0. The molecule has 1 aromatic heterocycles. The van der Waals surface area contributed by atoms with Gasteiger partial charge in [0.15, 0.2) is 0 Å². The van der Waals surface area contributed by atoms with E-state index in [1.807, 2.05) is 12.1 Å². The Morgan fingerprint density at radius 1 is 0.931 bits per heavy atom. The first-order valence-corrected chi connectivity index (χ1v) is 10.7. The number of nitrogens with zero attached hydrogens (tertiary/aromatic N) is 2. The van der Waals surface area contributed by atoms with E-state index in [0.29, 0.717) is 4.65 Å². The predicted octanol–water partition coefficient (Wildman–Crippen LogP) is 5.97. The number of carbonyl (C=O) groups is 1. The number of hydrogen-bond acceptors (Lipinski definition) is 2. The Labute approximate surface area is 174 Å². The molecule has 0 aliphatic heterocycles. The van der Waals surface area contributed by atoms with Crippen molar-refractivity contribution in [2.75, 3.05) is 20.7 Å². The minimum atomic E-state index is 0.0836. The topological polar surface area (TPSA) is 31.2 Å². The molecule has 0 fully saturated rings. The van der Waals surface area contributed by atoms with Crippen LogP contribution in [0, 0.1) is 0 Å². The summed E-state index contributed by atoms with van der Waals surface area (Å²) in [4.78, 5) is 17.3. The van der Waals surface area contributed by atoms with Crippen molar-refractivity contribution in [3.63, 3.8) is 0 Å². The van der Waals surface area contributed by atoms with Gasteiger partial charge in [-0.1, -0.05) is 31.0 Å². The maximum atomic E-state index is 11.2. The number of aryl methyl sites for hydroxylation is 1. The van der Waals surface area contributed by atoms with Gasteiger partial charge in [-0.15, -0.1) is 0 Å². The monoisotopic (exact) mass is 395 g/mol. The summed E-state index contributed by atoms with van der Waals surface area (Å²) in [6, 6.07) is 14.5. The van der Waals surface area contributed by atoms with E-state index in [1.165, 1.54) is 34.6 Å². The molecule has 156 valence electrons. The van der Waals surface area contributed by atoms with E-state index < -0.39 is 0 Å². The lowest BCUT2D eigenvalue weighted by atomic mass is 10.1. The molecular formula is C25H35N2O2+. The second-order valence-corrected chi connectivity index (χ2v) is 9.33. The van der Waals surface area contributed by atoms with Crippen molar-refractivity contribution in [1.82, 2.24) is 4.57 Å². The van der Waals surface area contributed by atoms with Crippen LogP contribution in [0.1, 0.15) is 56.8 Å². The first-order chi connectivity index (χ1) is 13.7. The van der Waals surface area contributed by atoms with Crippen molar-refractivity contribution >= 4 is 28.1 Å². The zero-order valence-corrected chi connectivity index (χ0v) is 18.6. The average Bonchev–Trinajstić information content (AvgIpc) is 2.99. The molecule has 29 heavy (non-hydrogen) atoms. The van der Waals surface area contributed by atoms with Crippen LogP contribution in [-0.4, -0.2) is 41.7 Å². The van der Waals surface area contributed by atoms with Crippen LogP contribution in [0.25, 0.3) is 21.8 Å². The van der Waals surface area contributed by atoms with Gasteiger partial charge in [0.05, 0.1) is 14.1 Å². The number of aromatic nitrogens is 1. The maximum absolute atomic E-state index is 11.2. The molecule has 1 heterocycles. The quantitative estimate of drug-likeness (QED) is 0.193. The highest BCUT2D eigenvalue weighted by Crippen LogP contribution is 2.30. The van der Waals surface area contributed by atoms with Crippen molar-refractivity contribution in [2.24, 2.45) is 0 Å². The van der Waals surface area contributed by atoms with Crippen LogP contribution in [-0.2, 0) is 11.4 Å². The van der Waals surface area contributed by atoms with E-state index in [9.17, 15) is 4.79 Å². The summed E-state index contributed by atoms with van der Waals surface area (Å²) in [5, 5.41) is 2.39. The fourth-order valence-electron chi connectivity index (χ4n) is 3.60. The lowest BCUT2D eigenvalue weighted by Crippen LogP contribution is -2.54. The largest absolute Gasteiger partial charge is 0.340 e. The van der Waals surface area contributed by atoms with Gasteiger partial charge < -0.3 is 4.57 Å². The first kappa shape index (κ1) is 21.5. The molecule has 0 saturated carbocycles. The Morgan fingerprint density at radius 2 is 1.62 bits per heavy atom. The number of rotatable bonds is 9. The van der Waals surface area contributed by atoms with Crippen LogP contribution in [0.2, 0.25) is 0 Å². The van der Waals surface area contributed by atoms with E-state index in [0.717, 1.165) is 37.8 Å². The second-order valence-electron chi connectivity index (χ2n) is 9.33. The molecule has 0 atom stereocenters. The molecule has 4 nitrogen and oxygen atoms in total. The van der Waals surface area contributed by atoms with Crippen LogP contribution in [0.5, 0.6) is 0 Å². The molecular weight excluding hydrogens is 360 g/mol. The number of fused-ring (bicyclic) bond motifs is 3. The Bertz CT molecular complexity index is 980. The third-order valence-corrected chi connectivity index (χ3v) is 6.24. The summed E-state index contributed by atoms with van der Waals surface area (Å²) in [7, 11) is 4.25. The number of para-hydroxylation sites is 1. The van der Waals surface area contributed by atoms with Gasteiger partial charge >= 0.3 is 0 Å². The highest BCUT2D eigenvalue weighted by Gasteiger charge is 2.33. The number of carbonyl (C=O) groups excluding carboxylic acids is 1. The van der Waals surface area contributed by atoms with Crippen LogP contribution in [0.3, 0.4) is 0 Å². The van der Waals surface area contributed by atoms with Crippen molar-refractivity contribution in [3.05, 3.63) is 48.0 Å². The van der Waals surface area contributed by atoms with Crippen molar-refractivity contribution < 1.29 is 14.3 Å². The Balaban J connectivity index is 1.58. The van der Waals surface area contributed by atoms with Gasteiger partial charge in [-0.2, -0.15) is 4.65 Å². The van der Waals surface area contributed by atoms with Crippen molar-refractivity contribution in [3.8, 4) is 0 Å². The SMILES string of the molecule is CC(C)(C)[N+](C)(C)OCCCCCCn1c2ccccc2c2cc(C=O)ccc21. The zero-order chi connectivity index (χ0) is 21.1. The van der Waals surface area contributed by atoms with Crippen LogP contribution in [0.15, 0.2) is 42.5 Å². The third-order valence-electron chi connectivity index (χ3n) is 6.24. The van der Waals surface area contributed by atoms with E-state index in [-0.39, 0.29) is 5.54 Å². The van der Waals surface area contributed by atoms with Gasteiger partial charge in [0.2, 0.25) is 0 Å². The Kier molecular flexibility index (Phi) is 6.45. The molecule has 3 rings (SSSR count). The molecule has 4 heteroatoms. The maximum Gasteiger partial charge on any atom is 0.150 e. The van der Waals surface area contributed by atoms with Gasteiger partial charge in [0, 0.05) is 33.9 Å². The summed E-state index contributed by atoms with van der Waals surface area (Å²) < 4.78 is 2.98. The number of quaternary nitrogens is 1. The molecule has 0 saturated heterocycles. The van der Waals surface area contributed by atoms with E-state index in [1.54, 1.807) is 0 Å². The third kappa shape index (κ3) is 4.71.